The summed E-state index contributed by atoms with van der Waals surface area (Å²) in [5, 5.41) is 4.92. The molecule has 3 aromatic heterocycles. The van der Waals surface area contributed by atoms with Gasteiger partial charge in [0.25, 0.3) is 5.91 Å². The van der Waals surface area contributed by atoms with Crippen LogP contribution in [0.15, 0.2) is 54.2 Å². The highest BCUT2D eigenvalue weighted by atomic mass is 32.1. The minimum atomic E-state index is -0.144. The number of aryl methyl sites for hydroxylation is 2. The number of fused-ring (bicyclic) bond motifs is 1. The van der Waals surface area contributed by atoms with Gasteiger partial charge in [-0.05, 0) is 66.8 Å². The van der Waals surface area contributed by atoms with Gasteiger partial charge in [-0.1, -0.05) is 0 Å². The van der Waals surface area contributed by atoms with Gasteiger partial charge >= 0.3 is 0 Å². The smallest absolute Gasteiger partial charge is 0.265 e. The maximum absolute atomic E-state index is 12.5. The Hall–Kier alpha value is -3.12. The van der Waals surface area contributed by atoms with Crippen LogP contribution in [0.3, 0.4) is 0 Å². The van der Waals surface area contributed by atoms with E-state index in [0.29, 0.717) is 16.3 Å². The van der Waals surface area contributed by atoms with Crippen molar-refractivity contribution in [1.29, 1.82) is 0 Å². The van der Waals surface area contributed by atoms with Crippen molar-refractivity contribution in [3.8, 4) is 17.0 Å². The third-order valence-corrected chi connectivity index (χ3v) is 5.36. The van der Waals surface area contributed by atoms with Crippen molar-refractivity contribution in [2.24, 2.45) is 0 Å². The fraction of sp³-hybridized carbons (Fsp3) is 0.143. The van der Waals surface area contributed by atoms with E-state index >= 15 is 0 Å². The average Bonchev–Trinajstić information content (AvgIpc) is 3.27. The zero-order valence-corrected chi connectivity index (χ0v) is 16.1. The maximum Gasteiger partial charge on any atom is 0.265 e. The first kappa shape index (κ1) is 17.3. The monoisotopic (exact) mass is 377 g/mol. The number of nitrogens with zero attached hydrogens (tertiary/aromatic N) is 2. The Morgan fingerprint density at radius 2 is 2.00 bits per heavy atom. The van der Waals surface area contributed by atoms with Crippen LogP contribution in [0.5, 0.6) is 5.75 Å². The van der Waals surface area contributed by atoms with E-state index in [1.165, 1.54) is 11.3 Å². The molecule has 1 N–H and O–H groups in total. The molecule has 0 aliphatic heterocycles. The number of rotatable bonds is 4. The van der Waals surface area contributed by atoms with Crippen LogP contribution in [-0.2, 0) is 0 Å². The van der Waals surface area contributed by atoms with E-state index in [9.17, 15) is 4.79 Å². The van der Waals surface area contributed by atoms with E-state index in [4.69, 9.17) is 9.72 Å². The topological polar surface area (TPSA) is 55.6 Å². The summed E-state index contributed by atoms with van der Waals surface area (Å²) in [7, 11) is 1.59. The molecule has 0 radical (unpaired) electrons. The highest BCUT2D eigenvalue weighted by Gasteiger charge is 2.14. The molecule has 0 aliphatic rings. The Balaban J connectivity index is 1.70. The number of pyridine rings is 1. The Morgan fingerprint density at radius 1 is 1.15 bits per heavy atom. The number of aromatic nitrogens is 2. The zero-order valence-electron chi connectivity index (χ0n) is 15.3. The van der Waals surface area contributed by atoms with Gasteiger partial charge in [0.1, 0.15) is 11.4 Å². The number of hydrogen-bond donors (Lipinski definition) is 1. The number of nitrogens with one attached hydrogen (secondary N) is 1. The second-order valence-electron chi connectivity index (χ2n) is 6.45. The number of carbonyl (C=O) groups excluding carboxylic acids is 1. The number of amides is 1. The fourth-order valence-electron chi connectivity index (χ4n) is 2.92. The number of hydrogen-bond acceptors (Lipinski definition) is 4. The van der Waals surface area contributed by atoms with E-state index in [2.05, 4.69) is 5.32 Å². The quantitative estimate of drug-likeness (QED) is 0.548. The first-order valence-corrected chi connectivity index (χ1v) is 9.42. The molecule has 3 heterocycles. The molecule has 27 heavy (non-hydrogen) atoms. The lowest BCUT2D eigenvalue weighted by Crippen LogP contribution is -2.11. The molecule has 5 nitrogen and oxygen atoms in total. The summed E-state index contributed by atoms with van der Waals surface area (Å²) in [5.74, 6) is 0.467. The molecule has 0 atom stereocenters. The van der Waals surface area contributed by atoms with Crippen LogP contribution in [0.4, 0.5) is 5.69 Å². The Bertz CT molecular complexity index is 1140. The summed E-state index contributed by atoms with van der Waals surface area (Å²) in [6, 6.07) is 11.6. The molecular formula is C21H19N3O2S. The Labute approximate surface area is 161 Å². The molecule has 0 bridgehead atoms. The van der Waals surface area contributed by atoms with Crippen LogP contribution in [0.2, 0.25) is 0 Å². The molecule has 6 heteroatoms. The lowest BCUT2D eigenvalue weighted by atomic mass is 10.1. The minimum absolute atomic E-state index is 0.144. The van der Waals surface area contributed by atoms with Crippen molar-refractivity contribution in [2.45, 2.75) is 13.8 Å². The molecule has 4 rings (SSSR count). The van der Waals surface area contributed by atoms with Crippen LogP contribution in [-0.4, -0.2) is 22.4 Å². The molecule has 0 saturated carbocycles. The Morgan fingerprint density at radius 3 is 2.74 bits per heavy atom. The van der Waals surface area contributed by atoms with Gasteiger partial charge in [-0.15, -0.1) is 11.3 Å². The molecule has 0 unspecified atom stereocenters. The van der Waals surface area contributed by atoms with Crippen LogP contribution in [0.1, 0.15) is 20.8 Å². The summed E-state index contributed by atoms with van der Waals surface area (Å²) >= 11 is 1.43. The molecular weight excluding hydrogens is 358 g/mol. The van der Waals surface area contributed by atoms with Gasteiger partial charge in [0.05, 0.1) is 23.4 Å². The Kier molecular flexibility index (Phi) is 4.41. The van der Waals surface area contributed by atoms with E-state index in [-0.39, 0.29) is 5.91 Å². The van der Waals surface area contributed by atoms with Gasteiger partial charge in [-0.25, -0.2) is 4.98 Å². The lowest BCUT2D eigenvalue weighted by molar-refractivity contribution is 0.103. The zero-order chi connectivity index (χ0) is 19.0. The second kappa shape index (κ2) is 6.89. The second-order valence-corrected chi connectivity index (χ2v) is 7.36. The number of ether oxygens (including phenoxy) is 1. The van der Waals surface area contributed by atoms with E-state index < -0.39 is 0 Å². The molecule has 0 fully saturated rings. The SMILES string of the molecule is COc1ccc(-c2cn3ccc(C)cc3n2)cc1NC(=O)c1cc(C)cs1. The van der Waals surface area contributed by atoms with E-state index in [0.717, 1.165) is 28.0 Å². The van der Waals surface area contributed by atoms with Crippen LogP contribution < -0.4 is 10.1 Å². The maximum atomic E-state index is 12.5. The molecule has 0 saturated heterocycles. The minimum Gasteiger partial charge on any atom is -0.495 e. The standard InChI is InChI=1S/C21H19N3O2S/c1-13-6-7-24-11-17(22-20(24)9-13)15-4-5-18(26-3)16(10-15)23-21(25)19-8-14(2)12-27-19/h4-12H,1-3H3,(H,23,25). The number of benzene rings is 1. The van der Waals surface area contributed by atoms with Gasteiger partial charge in [-0.3, -0.25) is 4.79 Å². The van der Waals surface area contributed by atoms with Gasteiger partial charge < -0.3 is 14.5 Å². The van der Waals surface area contributed by atoms with Crippen molar-refractivity contribution >= 4 is 28.6 Å². The highest BCUT2D eigenvalue weighted by molar-refractivity contribution is 7.12. The molecule has 0 spiro atoms. The third kappa shape index (κ3) is 3.44. The first-order chi connectivity index (χ1) is 13.0. The molecule has 136 valence electrons. The molecule has 4 aromatic rings. The number of imidazole rings is 1. The van der Waals surface area contributed by atoms with Crippen LogP contribution in [0, 0.1) is 13.8 Å². The number of carbonyl (C=O) groups is 1. The number of thiophene rings is 1. The predicted molar refractivity (Wildman–Crippen MR) is 109 cm³/mol. The third-order valence-electron chi connectivity index (χ3n) is 4.31. The van der Waals surface area contributed by atoms with Crippen molar-refractivity contribution in [3.63, 3.8) is 0 Å². The van der Waals surface area contributed by atoms with Crippen molar-refractivity contribution < 1.29 is 9.53 Å². The molecule has 1 aromatic carbocycles. The summed E-state index contributed by atoms with van der Waals surface area (Å²) < 4.78 is 7.40. The van der Waals surface area contributed by atoms with Crippen LogP contribution >= 0.6 is 11.3 Å². The highest BCUT2D eigenvalue weighted by Crippen LogP contribution is 2.31. The predicted octanol–water partition coefficient (Wildman–Crippen LogP) is 4.94. The largest absolute Gasteiger partial charge is 0.495 e. The average molecular weight is 377 g/mol. The fourth-order valence-corrected chi connectivity index (χ4v) is 3.71. The van der Waals surface area contributed by atoms with Crippen molar-refractivity contribution in [3.05, 3.63) is 70.2 Å². The number of methoxy groups -OCH3 is 1. The van der Waals surface area contributed by atoms with Gasteiger partial charge in [-0.2, -0.15) is 0 Å². The van der Waals surface area contributed by atoms with E-state index in [1.807, 2.05) is 72.4 Å². The van der Waals surface area contributed by atoms with Crippen molar-refractivity contribution in [1.82, 2.24) is 9.38 Å². The summed E-state index contributed by atoms with van der Waals surface area (Å²) in [4.78, 5) is 17.9. The summed E-state index contributed by atoms with van der Waals surface area (Å²) in [6.07, 6.45) is 3.97. The normalized spacial score (nSPS) is 10.9. The van der Waals surface area contributed by atoms with Gasteiger partial charge in [0.15, 0.2) is 0 Å². The van der Waals surface area contributed by atoms with E-state index in [1.54, 1.807) is 7.11 Å². The van der Waals surface area contributed by atoms with Crippen molar-refractivity contribution in [2.75, 3.05) is 12.4 Å². The van der Waals surface area contributed by atoms with Gasteiger partial charge in [0.2, 0.25) is 0 Å². The lowest BCUT2D eigenvalue weighted by Gasteiger charge is -2.11. The van der Waals surface area contributed by atoms with Gasteiger partial charge in [0, 0.05) is 18.0 Å². The van der Waals surface area contributed by atoms with Crippen LogP contribution in [0.25, 0.3) is 16.9 Å². The first-order valence-electron chi connectivity index (χ1n) is 8.54. The number of anilines is 1. The summed E-state index contributed by atoms with van der Waals surface area (Å²) in [6.45, 7) is 4.02. The molecule has 1 amide bonds. The molecule has 0 aliphatic carbocycles. The summed E-state index contributed by atoms with van der Waals surface area (Å²) in [5.41, 5.74) is 5.50.